The van der Waals surface area contributed by atoms with Crippen LogP contribution in [0.4, 0.5) is 13.2 Å². The van der Waals surface area contributed by atoms with E-state index in [9.17, 15) is 22.8 Å². The van der Waals surface area contributed by atoms with E-state index in [0.29, 0.717) is 0 Å². The maximum atomic E-state index is 12.8. The van der Waals surface area contributed by atoms with Gasteiger partial charge in [-0.2, -0.15) is 0 Å². The Morgan fingerprint density at radius 3 is 2.53 bits per heavy atom. The molecule has 164 valence electrons. The van der Waals surface area contributed by atoms with Crippen LogP contribution in [-0.4, -0.2) is 16.8 Å². The van der Waals surface area contributed by atoms with Gasteiger partial charge in [0.1, 0.15) is 6.54 Å². The number of nitrogens with one attached hydrogen (secondary N) is 1. The van der Waals surface area contributed by atoms with Gasteiger partial charge in [0.05, 0.1) is 11.6 Å². The fourth-order valence-electron chi connectivity index (χ4n) is 3.68. The lowest BCUT2D eigenvalue weighted by Crippen LogP contribution is -2.30. The lowest BCUT2D eigenvalue weighted by atomic mass is 10.0. The van der Waals surface area contributed by atoms with E-state index in [4.69, 9.17) is 0 Å². The Morgan fingerprint density at radius 2 is 1.78 bits per heavy atom. The van der Waals surface area contributed by atoms with E-state index in [0.717, 1.165) is 22.4 Å². The van der Waals surface area contributed by atoms with Gasteiger partial charge < -0.3 is 14.6 Å². The minimum Gasteiger partial charge on any atom is -0.404 e. The average Bonchev–Trinajstić information content (AvgIpc) is 2.74. The van der Waals surface area contributed by atoms with Crippen LogP contribution >= 0.6 is 0 Å². The number of rotatable bonds is 5. The molecule has 0 aliphatic heterocycles. The molecular formula is C24H19F3N2O3. The SMILES string of the molecule is C[C@@H](NC(=O)Cn1ccc(=O)c2cccc(OC(F)(F)F)c21)c1ccc2ccccc2c1. The zero-order valence-corrected chi connectivity index (χ0v) is 17.0. The fraction of sp³-hybridized carbons (Fsp3) is 0.167. The molecule has 0 unspecified atom stereocenters. The molecule has 0 radical (unpaired) electrons. The third-order valence-electron chi connectivity index (χ3n) is 5.15. The number of benzene rings is 3. The van der Waals surface area contributed by atoms with Crippen LogP contribution in [0.5, 0.6) is 5.75 Å². The molecule has 1 aromatic heterocycles. The molecule has 0 aliphatic carbocycles. The molecule has 1 N–H and O–H groups in total. The van der Waals surface area contributed by atoms with Crippen molar-refractivity contribution >= 4 is 27.6 Å². The second kappa shape index (κ2) is 8.37. The van der Waals surface area contributed by atoms with Crippen LogP contribution < -0.4 is 15.5 Å². The maximum absolute atomic E-state index is 12.8. The molecule has 5 nitrogen and oxygen atoms in total. The number of hydrogen-bond donors (Lipinski definition) is 1. The summed E-state index contributed by atoms with van der Waals surface area (Å²) in [5.41, 5.74) is 0.336. The van der Waals surface area contributed by atoms with Gasteiger partial charge in [-0.1, -0.05) is 42.5 Å². The second-order valence-electron chi connectivity index (χ2n) is 7.40. The summed E-state index contributed by atoms with van der Waals surface area (Å²) in [7, 11) is 0. The Hall–Kier alpha value is -3.81. The molecule has 0 spiro atoms. The summed E-state index contributed by atoms with van der Waals surface area (Å²) in [6, 6.07) is 18.4. The molecule has 3 aromatic carbocycles. The Kier molecular flexibility index (Phi) is 5.61. The molecule has 4 rings (SSSR count). The van der Waals surface area contributed by atoms with Gasteiger partial charge in [0.15, 0.2) is 11.2 Å². The third-order valence-corrected chi connectivity index (χ3v) is 5.15. The summed E-state index contributed by atoms with van der Waals surface area (Å²) in [5, 5.41) is 5.00. The van der Waals surface area contributed by atoms with E-state index >= 15 is 0 Å². The van der Waals surface area contributed by atoms with E-state index in [1.54, 1.807) is 0 Å². The van der Waals surface area contributed by atoms with Gasteiger partial charge in [-0.15, -0.1) is 13.2 Å². The molecule has 32 heavy (non-hydrogen) atoms. The predicted octanol–water partition coefficient (Wildman–Crippen LogP) is 4.93. The number of carbonyl (C=O) groups is 1. The van der Waals surface area contributed by atoms with Gasteiger partial charge >= 0.3 is 6.36 Å². The van der Waals surface area contributed by atoms with Crippen LogP contribution in [0.3, 0.4) is 0 Å². The molecule has 0 aliphatic rings. The zero-order valence-electron chi connectivity index (χ0n) is 17.0. The van der Waals surface area contributed by atoms with E-state index < -0.39 is 23.4 Å². The van der Waals surface area contributed by atoms with Crippen LogP contribution in [0.15, 0.2) is 77.7 Å². The normalized spacial score (nSPS) is 12.6. The topological polar surface area (TPSA) is 60.3 Å². The number of ether oxygens (including phenoxy) is 1. The van der Waals surface area contributed by atoms with Crippen molar-refractivity contribution in [1.82, 2.24) is 9.88 Å². The van der Waals surface area contributed by atoms with Crippen LogP contribution in [0.2, 0.25) is 0 Å². The zero-order chi connectivity index (χ0) is 22.9. The van der Waals surface area contributed by atoms with Crippen molar-refractivity contribution < 1.29 is 22.7 Å². The number of hydrogen-bond acceptors (Lipinski definition) is 3. The van der Waals surface area contributed by atoms with Gasteiger partial charge in [0.2, 0.25) is 5.91 Å². The smallest absolute Gasteiger partial charge is 0.404 e. The van der Waals surface area contributed by atoms with Crippen LogP contribution in [0.1, 0.15) is 18.5 Å². The van der Waals surface area contributed by atoms with E-state index in [-0.39, 0.29) is 23.5 Å². The lowest BCUT2D eigenvalue weighted by molar-refractivity contribution is -0.274. The van der Waals surface area contributed by atoms with Crippen LogP contribution in [0, 0.1) is 0 Å². The number of pyridine rings is 1. The first-order valence-electron chi connectivity index (χ1n) is 9.87. The summed E-state index contributed by atoms with van der Waals surface area (Å²) in [5.74, 6) is -0.958. The largest absolute Gasteiger partial charge is 0.573 e. The van der Waals surface area contributed by atoms with Gasteiger partial charge in [-0.05, 0) is 41.5 Å². The highest BCUT2D eigenvalue weighted by molar-refractivity contribution is 5.87. The first-order valence-corrected chi connectivity index (χ1v) is 9.87. The summed E-state index contributed by atoms with van der Waals surface area (Å²) >= 11 is 0. The average molecular weight is 440 g/mol. The first-order chi connectivity index (χ1) is 15.2. The standard InChI is InChI=1S/C24H19F3N2O3/c1-15(17-10-9-16-5-2-3-6-18(16)13-17)28-22(31)14-29-12-11-20(30)19-7-4-8-21(23(19)29)32-24(25,26)27/h2-13,15H,14H2,1H3,(H,28,31)/t15-/m1/s1. The van der Waals surface area contributed by atoms with Crippen molar-refractivity contribution in [2.24, 2.45) is 0 Å². The van der Waals surface area contributed by atoms with Crippen molar-refractivity contribution in [1.29, 1.82) is 0 Å². The molecule has 0 saturated carbocycles. The third kappa shape index (κ3) is 4.59. The van der Waals surface area contributed by atoms with Crippen LogP contribution in [0.25, 0.3) is 21.7 Å². The van der Waals surface area contributed by atoms with Gasteiger partial charge in [-0.25, -0.2) is 0 Å². The Balaban J connectivity index is 1.60. The highest BCUT2D eigenvalue weighted by Gasteiger charge is 2.32. The van der Waals surface area contributed by atoms with E-state index in [2.05, 4.69) is 10.1 Å². The molecule has 0 bridgehead atoms. The monoisotopic (exact) mass is 440 g/mol. The summed E-state index contributed by atoms with van der Waals surface area (Å²) in [4.78, 5) is 24.9. The first kappa shape index (κ1) is 21.4. The van der Waals surface area contributed by atoms with Gasteiger partial charge in [0.25, 0.3) is 0 Å². The number of halogens is 3. The van der Waals surface area contributed by atoms with Gasteiger partial charge in [0, 0.05) is 17.6 Å². The van der Waals surface area contributed by atoms with Crippen molar-refractivity contribution in [3.05, 3.63) is 88.7 Å². The minimum atomic E-state index is -4.93. The number of alkyl halides is 3. The Labute approximate surface area is 181 Å². The number of carbonyl (C=O) groups excluding carboxylic acids is 1. The summed E-state index contributed by atoms with van der Waals surface area (Å²) < 4.78 is 43.9. The number of amides is 1. The number of aromatic nitrogens is 1. The predicted molar refractivity (Wildman–Crippen MR) is 115 cm³/mol. The minimum absolute atomic E-state index is 0.0321. The van der Waals surface area contributed by atoms with Crippen molar-refractivity contribution in [3.8, 4) is 5.75 Å². The fourth-order valence-corrected chi connectivity index (χ4v) is 3.68. The van der Waals surface area contributed by atoms with E-state index in [1.807, 2.05) is 49.4 Å². The molecule has 1 heterocycles. The van der Waals surface area contributed by atoms with E-state index in [1.165, 1.54) is 29.0 Å². The Bertz CT molecular complexity index is 1360. The van der Waals surface area contributed by atoms with Crippen molar-refractivity contribution in [2.45, 2.75) is 25.9 Å². The summed E-state index contributed by atoms with van der Waals surface area (Å²) in [6.45, 7) is 1.54. The highest BCUT2D eigenvalue weighted by atomic mass is 19.4. The lowest BCUT2D eigenvalue weighted by Gasteiger charge is -2.18. The molecule has 8 heteroatoms. The molecule has 0 saturated heterocycles. The highest BCUT2D eigenvalue weighted by Crippen LogP contribution is 2.29. The molecule has 0 fully saturated rings. The van der Waals surface area contributed by atoms with Gasteiger partial charge in [-0.3, -0.25) is 9.59 Å². The molecular weight excluding hydrogens is 421 g/mol. The number of para-hydroxylation sites is 1. The molecule has 1 amide bonds. The molecule has 1 atom stereocenters. The number of nitrogens with zero attached hydrogens (tertiary/aromatic N) is 1. The quantitative estimate of drug-likeness (QED) is 0.479. The van der Waals surface area contributed by atoms with Crippen molar-refractivity contribution in [2.75, 3.05) is 0 Å². The van der Waals surface area contributed by atoms with Crippen LogP contribution in [-0.2, 0) is 11.3 Å². The summed E-state index contributed by atoms with van der Waals surface area (Å²) in [6.07, 6.45) is -3.65. The van der Waals surface area contributed by atoms with Crippen molar-refractivity contribution in [3.63, 3.8) is 0 Å². The maximum Gasteiger partial charge on any atom is 0.573 e. The second-order valence-corrected chi connectivity index (χ2v) is 7.40. The number of fused-ring (bicyclic) bond motifs is 2. The molecule has 4 aromatic rings. The Morgan fingerprint density at radius 1 is 1.03 bits per heavy atom.